The molecule has 1 unspecified atom stereocenters. The van der Waals surface area contributed by atoms with Crippen molar-refractivity contribution in [3.8, 4) is 0 Å². The molecule has 1 rings (SSSR count). The van der Waals surface area contributed by atoms with Crippen LogP contribution in [0.3, 0.4) is 0 Å². The molecule has 3 nitrogen and oxygen atoms in total. The first-order valence-electron chi connectivity index (χ1n) is 4.41. The molecule has 1 aliphatic heterocycles. The van der Waals surface area contributed by atoms with Gasteiger partial charge in [0.15, 0.2) is 0 Å². The van der Waals surface area contributed by atoms with E-state index in [1.54, 1.807) is 6.92 Å². The fraction of sp³-hybridized carbons (Fsp3) is 0.700. The van der Waals surface area contributed by atoms with Crippen molar-refractivity contribution < 1.29 is 14.3 Å². The van der Waals surface area contributed by atoms with E-state index in [1.807, 2.05) is 13.8 Å². The predicted molar refractivity (Wildman–Crippen MR) is 49.3 cm³/mol. The number of carbonyl (C=O) groups is 1. The minimum atomic E-state index is -0.340. The first-order chi connectivity index (χ1) is 5.91. The average Bonchev–Trinajstić information content (AvgIpc) is 1.95. The van der Waals surface area contributed by atoms with E-state index in [-0.39, 0.29) is 17.7 Å². The minimum absolute atomic E-state index is 0.0414. The van der Waals surface area contributed by atoms with Gasteiger partial charge in [-0.05, 0) is 20.8 Å². The third-order valence-corrected chi connectivity index (χ3v) is 1.95. The lowest BCUT2D eigenvalue weighted by Crippen LogP contribution is -2.48. The number of ether oxygens (including phenoxy) is 2. The summed E-state index contributed by atoms with van der Waals surface area (Å²) in [5, 5.41) is 0. The molecule has 0 radical (unpaired) electrons. The van der Waals surface area contributed by atoms with Gasteiger partial charge in [-0.25, -0.2) is 4.79 Å². The van der Waals surface area contributed by atoms with Gasteiger partial charge in [-0.1, -0.05) is 6.58 Å². The van der Waals surface area contributed by atoms with Crippen molar-refractivity contribution in [2.75, 3.05) is 6.61 Å². The van der Waals surface area contributed by atoms with Crippen LogP contribution in [0.1, 0.15) is 27.2 Å². The summed E-state index contributed by atoms with van der Waals surface area (Å²) in [6, 6.07) is 0. The van der Waals surface area contributed by atoms with Gasteiger partial charge < -0.3 is 9.47 Å². The second kappa shape index (κ2) is 3.50. The van der Waals surface area contributed by atoms with E-state index in [2.05, 4.69) is 6.58 Å². The van der Waals surface area contributed by atoms with Crippen LogP contribution in [0.5, 0.6) is 0 Å². The van der Waals surface area contributed by atoms with Gasteiger partial charge in [0.05, 0.1) is 11.7 Å². The van der Waals surface area contributed by atoms with Crippen LogP contribution in [0.15, 0.2) is 12.2 Å². The molecule has 1 heterocycles. The molecule has 0 aromatic rings. The van der Waals surface area contributed by atoms with E-state index in [0.717, 1.165) is 6.42 Å². The Labute approximate surface area is 78.7 Å². The molecule has 0 amide bonds. The molecule has 1 aliphatic rings. The summed E-state index contributed by atoms with van der Waals surface area (Å²) in [7, 11) is 0. The maximum Gasteiger partial charge on any atom is 0.333 e. The van der Waals surface area contributed by atoms with Crippen LogP contribution < -0.4 is 0 Å². The lowest BCUT2D eigenvalue weighted by molar-refractivity contribution is -0.204. The molecule has 0 aliphatic carbocycles. The predicted octanol–water partition coefficient (Wildman–Crippen LogP) is 1.67. The summed E-state index contributed by atoms with van der Waals surface area (Å²) in [5.74, 6) is -0.340. The van der Waals surface area contributed by atoms with Gasteiger partial charge in [-0.2, -0.15) is 0 Å². The number of esters is 1. The van der Waals surface area contributed by atoms with Crippen LogP contribution in [0.4, 0.5) is 0 Å². The maximum atomic E-state index is 11.0. The third kappa shape index (κ3) is 2.84. The van der Waals surface area contributed by atoms with Crippen LogP contribution in [-0.4, -0.2) is 24.3 Å². The molecule has 0 saturated carbocycles. The van der Waals surface area contributed by atoms with Crippen LogP contribution >= 0.6 is 0 Å². The van der Waals surface area contributed by atoms with Gasteiger partial charge in [0.25, 0.3) is 0 Å². The average molecular weight is 184 g/mol. The van der Waals surface area contributed by atoms with Crippen LogP contribution in [-0.2, 0) is 14.3 Å². The van der Waals surface area contributed by atoms with Crippen molar-refractivity contribution in [3.63, 3.8) is 0 Å². The minimum Gasteiger partial charge on any atom is -0.460 e. The third-order valence-electron chi connectivity index (χ3n) is 1.95. The van der Waals surface area contributed by atoms with Crippen molar-refractivity contribution in [2.45, 2.75) is 38.9 Å². The van der Waals surface area contributed by atoms with E-state index in [0.29, 0.717) is 12.2 Å². The molecule has 0 aromatic carbocycles. The Bertz CT molecular complexity index is 222. The van der Waals surface area contributed by atoms with Crippen LogP contribution in [0, 0.1) is 0 Å². The van der Waals surface area contributed by atoms with Crippen molar-refractivity contribution in [3.05, 3.63) is 12.2 Å². The van der Waals surface area contributed by atoms with Crippen molar-refractivity contribution in [1.82, 2.24) is 0 Å². The summed E-state index contributed by atoms with van der Waals surface area (Å²) in [5.41, 5.74) is 0.388. The Kier molecular flexibility index (Phi) is 2.76. The standard InChI is InChI=1S/C10H16O3/c1-7(2)9(11)12-6-8-5-10(3,4)13-8/h8H,1,5-6H2,2-4H3. The summed E-state index contributed by atoms with van der Waals surface area (Å²) < 4.78 is 10.4. The Balaban J connectivity index is 2.16. The maximum absolute atomic E-state index is 11.0. The van der Waals surface area contributed by atoms with Crippen molar-refractivity contribution in [2.24, 2.45) is 0 Å². The molecule has 1 atom stereocenters. The Morgan fingerprint density at radius 1 is 1.69 bits per heavy atom. The van der Waals surface area contributed by atoms with E-state index in [9.17, 15) is 4.79 Å². The molecule has 0 N–H and O–H groups in total. The fourth-order valence-corrected chi connectivity index (χ4v) is 1.37. The molecular weight excluding hydrogens is 168 g/mol. The van der Waals surface area contributed by atoms with Gasteiger partial charge >= 0.3 is 5.97 Å². The van der Waals surface area contributed by atoms with Crippen molar-refractivity contribution >= 4 is 5.97 Å². The molecule has 3 heteroatoms. The van der Waals surface area contributed by atoms with Crippen LogP contribution in [0.2, 0.25) is 0 Å². The smallest absolute Gasteiger partial charge is 0.333 e. The Morgan fingerprint density at radius 3 is 2.62 bits per heavy atom. The number of carbonyl (C=O) groups excluding carboxylic acids is 1. The highest BCUT2D eigenvalue weighted by Gasteiger charge is 2.37. The highest BCUT2D eigenvalue weighted by molar-refractivity contribution is 5.86. The zero-order valence-corrected chi connectivity index (χ0v) is 8.42. The topological polar surface area (TPSA) is 35.5 Å². The largest absolute Gasteiger partial charge is 0.460 e. The van der Waals surface area contributed by atoms with E-state index >= 15 is 0 Å². The fourth-order valence-electron chi connectivity index (χ4n) is 1.37. The Hall–Kier alpha value is -0.830. The molecule has 0 bridgehead atoms. The van der Waals surface area contributed by atoms with E-state index in [1.165, 1.54) is 0 Å². The normalized spacial score (nSPS) is 24.7. The molecule has 74 valence electrons. The molecular formula is C10H16O3. The highest BCUT2D eigenvalue weighted by Crippen LogP contribution is 2.31. The van der Waals surface area contributed by atoms with E-state index < -0.39 is 0 Å². The Morgan fingerprint density at radius 2 is 2.23 bits per heavy atom. The summed E-state index contributed by atoms with van der Waals surface area (Å²) >= 11 is 0. The second-order valence-electron chi connectivity index (χ2n) is 4.08. The van der Waals surface area contributed by atoms with Crippen molar-refractivity contribution in [1.29, 1.82) is 0 Å². The lowest BCUT2D eigenvalue weighted by atomic mass is 9.94. The number of hydrogen-bond donors (Lipinski definition) is 0. The zero-order valence-electron chi connectivity index (χ0n) is 8.42. The first-order valence-corrected chi connectivity index (χ1v) is 4.41. The number of hydrogen-bond acceptors (Lipinski definition) is 3. The van der Waals surface area contributed by atoms with Gasteiger partial charge in [0.2, 0.25) is 0 Å². The van der Waals surface area contributed by atoms with Crippen LogP contribution in [0.25, 0.3) is 0 Å². The van der Waals surface area contributed by atoms with Gasteiger partial charge in [-0.15, -0.1) is 0 Å². The summed E-state index contributed by atoms with van der Waals surface area (Å²) in [6.07, 6.45) is 1.01. The zero-order chi connectivity index (χ0) is 10.1. The molecule has 13 heavy (non-hydrogen) atoms. The summed E-state index contributed by atoms with van der Waals surface area (Å²) in [4.78, 5) is 11.0. The monoisotopic (exact) mass is 184 g/mol. The SMILES string of the molecule is C=C(C)C(=O)OCC1CC(C)(C)O1. The second-order valence-corrected chi connectivity index (χ2v) is 4.08. The first kappa shape index (κ1) is 10.3. The van der Waals surface area contributed by atoms with Gasteiger partial charge in [-0.3, -0.25) is 0 Å². The number of rotatable bonds is 3. The summed E-state index contributed by atoms with van der Waals surface area (Å²) in [6.45, 7) is 9.50. The molecule has 1 saturated heterocycles. The molecule has 0 spiro atoms. The highest BCUT2D eigenvalue weighted by atomic mass is 16.6. The molecule has 0 aromatic heterocycles. The van der Waals surface area contributed by atoms with Gasteiger partial charge in [0.1, 0.15) is 6.61 Å². The lowest BCUT2D eigenvalue weighted by Gasteiger charge is -2.42. The van der Waals surface area contributed by atoms with E-state index in [4.69, 9.17) is 9.47 Å². The molecule has 1 fully saturated rings. The van der Waals surface area contributed by atoms with Gasteiger partial charge in [0, 0.05) is 12.0 Å². The quantitative estimate of drug-likeness (QED) is 0.494.